The zero-order chi connectivity index (χ0) is 24.1. The molecule has 1 aliphatic carbocycles. The van der Waals surface area contributed by atoms with Crippen molar-refractivity contribution in [2.24, 2.45) is 0 Å². The number of fused-ring (bicyclic) bond motifs is 3. The Labute approximate surface area is 204 Å². The lowest BCUT2D eigenvalue weighted by atomic mass is 9.98. The van der Waals surface area contributed by atoms with E-state index in [1.165, 1.54) is 24.3 Å². The third-order valence-electron chi connectivity index (χ3n) is 5.45. The second-order valence-electron chi connectivity index (χ2n) is 7.59. The molecular formula is C26H21BrN2O5. The number of anilines is 1. The van der Waals surface area contributed by atoms with Crippen molar-refractivity contribution in [3.63, 3.8) is 0 Å². The van der Waals surface area contributed by atoms with Gasteiger partial charge in [0, 0.05) is 23.0 Å². The minimum atomic E-state index is -1.15. The van der Waals surface area contributed by atoms with Gasteiger partial charge in [-0.05, 0) is 40.5 Å². The zero-order valence-electron chi connectivity index (χ0n) is 18.0. The molecule has 7 nitrogen and oxygen atoms in total. The Morgan fingerprint density at radius 1 is 0.971 bits per heavy atom. The highest BCUT2D eigenvalue weighted by atomic mass is 79.9. The molecular weight excluding hydrogens is 500 g/mol. The molecule has 1 aliphatic rings. The summed E-state index contributed by atoms with van der Waals surface area (Å²) < 4.78 is 6.08. The maximum Gasteiger partial charge on any atom is 0.407 e. The highest BCUT2D eigenvalue weighted by Crippen LogP contribution is 2.44. The van der Waals surface area contributed by atoms with Crippen LogP contribution in [0.25, 0.3) is 11.1 Å². The number of halogens is 1. The molecule has 0 aliphatic heterocycles. The number of rotatable bonds is 7. The maximum absolute atomic E-state index is 12.2. The van der Waals surface area contributed by atoms with Gasteiger partial charge in [-0.1, -0.05) is 70.5 Å². The molecule has 4 rings (SSSR count). The lowest BCUT2D eigenvalue weighted by Gasteiger charge is -2.14. The van der Waals surface area contributed by atoms with E-state index >= 15 is 0 Å². The number of amides is 2. The van der Waals surface area contributed by atoms with Crippen molar-refractivity contribution in [3.05, 3.63) is 100 Å². The van der Waals surface area contributed by atoms with Gasteiger partial charge in [0.15, 0.2) is 0 Å². The predicted octanol–water partition coefficient (Wildman–Crippen LogP) is 5.18. The summed E-state index contributed by atoms with van der Waals surface area (Å²) in [6, 6.07) is 20.6. The monoisotopic (exact) mass is 520 g/mol. The summed E-state index contributed by atoms with van der Waals surface area (Å²) in [4.78, 5) is 35.6. The van der Waals surface area contributed by atoms with Crippen molar-refractivity contribution in [2.45, 2.75) is 5.92 Å². The fraction of sp³-hybridized carbons (Fsp3) is 0.115. The summed E-state index contributed by atoms with van der Waals surface area (Å²) >= 11 is 3.25. The van der Waals surface area contributed by atoms with E-state index in [0.29, 0.717) is 4.47 Å². The highest BCUT2D eigenvalue weighted by Gasteiger charge is 2.28. The van der Waals surface area contributed by atoms with Crippen LogP contribution in [0, 0.1) is 0 Å². The van der Waals surface area contributed by atoms with Gasteiger partial charge in [0.1, 0.15) is 6.61 Å². The molecule has 8 heteroatoms. The summed E-state index contributed by atoms with van der Waals surface area (Å²) in [5.74, 6) is -1.70. The van der Waals surface area contributed by atoms with E-state index < -0.39 is 18.0 Å². The van der Waals surface area contributed by atoms with Crippen molar-refractivity contribution in [1.29, 1.82) is 0 Å². The molecule has 34 heavy (non-hydrogen) atoms. The lowest BCUT2D eigenvalue weighted by Crippen LogP contribution is -2.26. The summed E-state index contributed by atoms with van der Waals surface area (Å²) in [6.07, 6.45) is 2.08. The second-order valence-corrected chi connectivity index (χ2v) is 8.51. The molecule has 0 spiro atoms. The van der Waals surface area contributed by atoms with Crippen molar-refractivity contribution >= 4 is 39.6 Å². The Hall–Kier alpha value is -3.91. The largest absolute Gasteiger partial charge is 0.478 e. The van der Waals surface area contributed by atoms with Crippen molar-refractivity contribution in [1.82, 2.24) is 5.32 Å². The Kier molecular flexibility index (Phi) is 7.08. The molecule has 0 bridgehead atoms. The van der Waals surface area contributed by atoms with Gasteiger partial charge < -0.3 is 20.5 Å². The van der Waals surface area contributed by atoms with Crippen LogP contribution in [0.4, 0.5) is 10.5 Å². The van der Waals surface area contributed by atoms with E-state index in [0.717, 1.165) is 22.3 Å². The minimum absolute atomic E-state index is 0.0262. The number of carboxylic acid groups (broad SMARTS) is 1. The molecule has 0 unspecified atom stereocenters. The number of aromatic carboxylic acids is 1. The summed E-state index contributed by atoms with van der Waals surface area (Å²) in [7, 11) is 0. The number of carbonyl (C=O) groups is 3. The van der Waals surface area contributed by atoms with Crippen LogP contribution < -0.4 is 10.6 Å². The van der Waals surface area contributed by atoms with Crippen LogP contribution in [0.15, 0.2) is 83.4 Å². The van der Waals surface area contributed by atoms with Crippen LogP contribution >= 0.6 is 15.9 Å². The smallest absolute Gasteiger partial charge is 0.407 e. The summed E-state index contributed by atoms with van der Waals surface area (Å²) in [5.41, 5.74) is 4.69. The molecule has 0 aromatic heterocycles. The topological polar surface area (TPSA) is 105 Å². The number of ether oxygens (including phenoxy) is 1. The van der Waals surface area contributed by atoms with Crippen molar-refractivity contribution in [3.8, 4) is 11.1 Å². The van der Waals surface area contributed by atoms with E-state index in [9.17, 15) is 19.5 Å². The van der Waals surface area contributed by atoms with Crippen molar-refractivity contribution < 1.29 is 24.2 Å². The standard InChI is InChI=1S/C26H21BrN2O5/c27-16-11-12-21(25(31)32)23(14-16)29-24(30)10-5-13-28-26(33)34-15-22-19-8-3-1-6-17(19)18-7-2-4-9-20(18)22/h1-12,14,22H,13,15H2,(H,28,33)(H,29,30)(H,31,32)/b10-5+. The number of hydrogen-bond acceptors (Lipinski definition) is 4. The SMILES string of the molecule is O=C(/C=C/CNC(=O)OCC1c2ccccc2-c2ccccc21)Nc1cc(Br)ccc1C(=O)O. The first kappa shape index (κ1) is 23.3. The first-order valence-corrected chi connectivity index (χ1v) is 11.3. The Morgan fingerprint density at radius 2 is 1.62 bits per heavy atom. The molecule has 3 aromatic rings. The van der Waals surface area contributed by atoms with Gasteiger partial charge in [0.25, 0.3) is 0 Å². The van der Waals surface area contributed by atoms with Crippen LogP contribution in [0.1, 0.15) is 27.4 Å². The Bertz CT molecular complexity index is 1240. The quantitative estimate of drug-likeness (QED) is 0.372. The van der Waals surface area contributed by atoms with E-state index in [1.807, 2.05) is 36.4 Å². The molecule has 172 valence electrons. The van der Waals surface area contributed by atoms with E-state index in [2.05, 4.69) is 38.7 Å². The lowest BCUT2D eigenvalue weighted by molar-refractivity contribution is -0.111. The minimum Gasteiger partial charge on any atom is -0.478 e. The Morgan fingerprint density at radius 3 is 2.26 bits per heavy atom. The molecule has 2 amide bonds. The van der Waals surface area contributed by atoms with E-state index in [1.54, 1.807) is 6.07 Å². The zero-order valence-corrected chi connectivity index (χ0v) is 19.5. The van der Waals surface area contributed by atoms with Gasteiger partial charge in [-0.25, -0.2) is 9.59 Å². The molecule has 0 saturated carbocycles. The second kappa shape index (κ2) is 10.4. The number of carbonyl (C=O) groups excluding carboxylic acids is 2. The van der Waals surface area contributed by atoms with Crippen LogP contribution in [-0.4, -0.2) is 36.2 Å². The highest BCUT2D eigenvalue weighted by molar-refractivity contribution is 9.10. The van der Waals surface area contributed by atoms with Gasteiger partial charge in [-0.2, -0.15) is 0 Å². The third kappa shape index (κ3) is 5.18. The molecule has 0 saturated heterocycles. The number of nitrogens with one attached hydrogen (secondary N) is 2. The van der Waals surface area contributed by atoms with Crippen LogP contribution in [0.3, 0.4) is 0 Å². The van der Waals surface area contributed by atoms with Gasteiger partial charge in [-0.3, -0.25) is 4.79 Å². The Balaban J connectivity index is 1.28. The summed E-state index contributed by atoms with van der Waals surface area (Å²) in [6.45, 7) is 0.277. The van der Waals surface area contributed by atoms with Crippen LogP contribution in [0.2, 0.25) is 0 Å². The first-order chi connectivity index (χ1) is 16.4. The number of carboxylic acids is 1. The van der Waals surface area contributed by atoms with Crippen LogP contribution in [0.5, 0.6) is 0 Å². The van der Waals surface area contributed by atoms with Crippen LogP contribution in [-0.2, 0) is 9.53 Å². The molecule has 0 atom stereocenters. The van der Waals surface area contributed by atoms with E-state index in [-0.39, 0.29) is 30.3 Å². The molecule has 3 N–H and O–H groups in total. The van der Waals surface area contributed by atoms with Gasteiger partial charge in [0.2, 0.25) is 5.91 Å². The fourth-order valence-corrected chi connectivity index (χ4v) is 4.30. The van der Waals surface area contributed by atoms with E-state index in [4.69, 9.17) is 4.74 Å². The maximum atomic E-state index is 12.2. The average Bonchev–Trinajstić information content (AvgIpc) is 3.14. The number of hydrogen-bond donors (Lipinski definition) is 3. The van der Waals surface area contributed by atoms with Gasteiger partial charge in [-0.15, -0.1) is 0 Å². The molecule has 3 aromatic carbocycles. The fourth-order valence-electron chi connectivity index (χ4n) is 3.94. The number of alkyl carbamates (subject to hydrolysis) is 1. The number of benzene rings is 3. The average molecular weight is 521 g/mol. The molecule has 0 fully saturated rings. The third-order valence-corrected chi connectivity index (χ3v) is 5.94. The van der Waals surface area contributed by atoms with Crippen molar-refractivity contribution in [2.75, 3.05) is 18.5 Å². The van der Waals surface area contributed by atoms with Gasteiger partial charge >= 0.3 is 12.1 Å². The molecule has 0 radical (unpaired) electrons. The predicted molar refractivity (Wildman–Crippen MR) is 132 cm³/mol. The first-order valence-electron chi connectivity index (χ1n) is 10.5. The van der Waals surface area contributed by atoms with Gasteiger partial charge in [0.05, 0.1) is 11.3 Å². The summed E-state index contributed by atoms with van der Waals surface area (Å²) in [5, 5.41) is 14.3. The normalized spacial score (nSPS) is 12.1. The molecule has 0 heterocycles.